The highest BCUT2D eigenvalue weighted by molar-refractivity contribution is 5.96. The van der Waals surface area contributed by atoms with Gasteiger partial charge < -0.3 is 48.3 Å². The Morgan fingerprint density at radius 1 is 1.00 bits per heavy atom. The molecule has 0 aliphatic heterocycles. The van der Waals surface area contributed by atoms with E-state index in [0.717, 1.165) is 6.92 Å². The number of aliphatic hydroxyl groups excluding tert-OH is 1. The van der Waals surface area contributed by atoms with Crippen LogP contribution in [0.2, 0.25) is 0 Å². The molecule has 194 valence electrons. The minimum atomic E-state index is -1.71. The number of carbonyl (C=O) groups is 6. The van der Waals surface area contributed by atoms with Crippen molar-refractivity contribution >= 4 is 35.5 Å². The largest absolute Gasteiger partial charge is 0.480 e. The first-order valence-corrected chi connectivity index (χ1v) is 10.4. The van der Waals surface area contributed by atoms with E-state index in [1.807, 2.05) is 5.32 Å². The van der Waals surface area contributed by atoms with Crippen molar-refractivity contribution in [1.82, 2.24) is 25.9 Å². The second kappa shape index (κ2) is 13.6. The van der Waals surface area contributed by atoms with Crippen LogP contribution in [0.5, 0.6) is 0 Å². The monoisotopic (exact) mass is 498 g/mol. The van der Waals surface area contributed by atoms with E-state index in [4.69, 9.17) is 22.3 Å². The molecule has 0 aromatic carbocycles. The van der Waals surface area contributed by atoms with Gasteiger partial charge in [0.15, 0.2) is 6.04 Å². The van der Waals surface area contributed by atoms with Crippen LogP contribution in [0.4, 0.5) is 0 Å². The molecule has 12 N–H and O–H groups in total. The Kier molecular flexibility index (Phi) is 11.3. The fourth-order valence-corrected chi connectivity index (χ4v) is 2.89. The number of primary amides is 2. The number of imidazole rings is 1. The van der Waals surface area contributed by atoms with E-state index in [1.165, 1.54) is 12.5 Å². The van der Waals surface area contributed by atoms with Gasteiger partial charge in [-0.15, -0.1) is 0 Å². The van der Waals surface area contributed by atoms with Gasteiger partial charge in [-0.2, -0.15) is 0 Å². The lowest BCUT2D eigenvalue weighted by Crippen LogP contribution is -2.59. The van der Waals surface area contributed by atoms with Crippen LogP contribution in [0.25, 0.3) is 0 Å². The summed E-state index contributed by atoms with van der Waals surface area (Å²) in [6.45, 7) is 1.13. The Labute approximate surface area is 199 Å². The van der Waals surface area contributed by atoms with E-state index in [9.17, 15) is 33.9 Å². The number of hydrogen-bond donors (Lipinski definition) is 9. The quantitative estimate of drug-likeness (QED) is 0.111. The number of H-pyrrole nitrogens is 1. The molecule has 0 fully saturated rings. The normalized spacial score (nSPS) is 15.1. The Bertz CT molecular complexity index is 920. The number of carboxylic acids is 1. The molecule has 35 heavy (non-hydrogen) atoms. The summed E-state index contributed by atoms with van der Waals surface area (Å²) in [6.07, 6.45) is 0.0257. The lowest BCUT2D eigenvalue weighted by Gasteiger charge is -2.25. The predicted octanol–water partition coefficient (Wildman–Crippen LogP) is -4.66. The fraction of sp³-hybridized carbons (Fsp3) is 0.526. The number of rotatable bonds is 15. The highest BCUT2D eigenvalue weighted by Gasteiger charge is 2.32. The van der Waals surface area contributed by atoms with Gasteiger partial charge in [-0.3, -0.25) is 24.0 Å². The van der Waals surface area contributed by atoms with Crippen molar-refractivity contribution in [2.24, 2.45) is 17.2 Å². The highest BCUT2D eigenvalue weighted by Crippen LogP contribution is 2.04. The first kappa shape index (κ1) is 29.0. The van der Waals surface area contributed by atoms with Gasteiger partial charge in [0.05, 0.1) is 24.9 Å². The predicted molar refractivity (Wildman–Crippen MR) is 118 cm³/mol. The summed E-state index contributed by atoms with van der Waals surface area (Å²) in [7, 11) is 0. The molecule has 16 heteroatoms. The zero-order valence-electron chi connectivity index (χ0n) is 18.9. The number of carboxylic acid groups (broad SMARTS) is 1. The van der Waals surface area contributed by atoms with Crippen molar-refractivity contribution in [3.8, 4) is 0 Å². The summed E-state index contributed by atoms with van der Waals surface area (Å²) < 4.78 is 0. The topological polar surface area (TPSA) is 286 Å². The average molecular weight is 498 g/mol. The molecule has 5 amide bonds. The summed E-state index contributed by atoms with van der Waals surface area (Å²) >= 11 is 0. The fourth-order valence-electron chi connectivity index (χ4n) is 2.89. The average Bonchev–Trinajstić information content (AvgIpc) is 3.25. The molecule has 5 atom stereocenters. The van der Waals surface area contributed by atoms with Crippen LogP contribution in [-0.4, -0.2) is 86.0 Å². The van der Waals surface area contributed by atoms with Gasteiger partial charge in [-0.1, -0.05) is 0 Å². The number of carbonyl (C=O) groups excluding carboxylic acids is 5. The SMILES string of the molecule is CC(O)C(NC(=O)C(CCC(N)=O)NC(=O)C(CC(N)=O)NC(=O)C(N)Cc1cnc[nH]1)C(=O)O. The number of amides is 5. The lowest BCUT2D eigenvalue weighted by atomic mass is 10.1. The Hall–Kier alpha value is -4.05. The van der Waals surface area contributed by atoms with Crippen LogP contribution >= 0.6 is 0 Å². The van der Waals surface area contributed by atoms with E-state index in [0.29, 0.717) is 5.69 Å². The molecule has 0 bridgehead atoms. The Balaban J connectivity index is 2.98. The maximum absolute atomic E-state index is 12.8. The van der Waals surface area contributed by atoms with Gasteiger partial charge in [0.25, 0.3) is 0 Å². The number of aromatic nitrogens is 2. The zero-order chi connectivity index (χ0) is 26.7. The minimum absolute atomic E-state index is 0.0380. The van der Waals surface area contributed by atoms with Gasteiger partial charge in [-0.05, 0) is 13.3 Å². The van der Waals surface area contributed by atoms with Crippen molar-refractivity contribution in [3.05, 3.63) is 18.2 Å². The molecule has 0 spiro atoms. The van der Waals surface area contributed by atoms with Crippen molar-refractivity contribution in [1.29, 1.82) is 0 Å². The number of nitrogens with zero attached hydrogens (tertiary/aromatic N) is 1. The van der Waals surface area contributed by atoms with Gasteiger partial charge in [0, 0.05) is 24.7 Å². The first-order chi connectivity index (χ1) is 16.3. The first-order valence-electron chi connectivity index (χ1n) is 10.4. The third-order valence-electron chi connectivity index (χ3n) is 4.73. The number of aromatic amines is 1. The minimum Gasteiger partial charge on any atom is -0.480 e. The third kappa shape index (κ3) is 10.2. The summed E-state index contributed by atoms with van der Waals surface area (Å²) in [6, 6.07) is -5.88. The molecular formula is C19H30N8O8. The molecule has 16 nitrogen and oxygen atoms in total. The van der Waals surface area contributed by atoms with E-state index >= 15 is 0 Å². The summed E-state index contributed by atoms with van der Waals surface area (Å²) in [5, 5.41) is 25.3. The molecule has 0 saturated heterocycles. The van der Waals surface area contributed by atoms with Crippen LogP contribution in [0.3, 0.4) is 0 Å². The van der Waals surface area contributed by atoms with Gasteiger partial charge in [0.2, 0.25) is 29.5 Å². The number of nitrogens with two attached hydrogens (primary N) is 3. The molecule has 0 aliphatic carbocycles. The second-order valence-electron chi connectivity index (χ2n) is 7.75. The van der Waals surface area contributed by atoms with Crippen molar-refractivity contribution < 1.29 is 39.0 Å². The van der Waals surface area contributed by atoms with Crippen molar-refractivity contribution in [2.45, 2.75) is 62.9 Å². The van der Waals surface area contributed by atoms with E-state index in [2.05, 4.69) is 20.6 Å². The Morgan fingerprint density at radius 3 is 2.09 bits per heavy atom. The summed E-state index contributed by atoms with van der Waals surface area (Å²) in [5.41, 5.74) is 16.6. The number of aliphatic hydroxyl groups is 1. The zero-order valence-corrected chi connectivity index (χ0v) is 18.9. The third-order valence-corrected chi connectivity index (χ3v) is 4.73. The number of hydrogen-bond acceptors (Lipinski definition) is 9. The maximum atomic E-state index is 12.8. The molecule has 1 aromatic heterocycles. The summed E-state index contributed by atoms with van der Waals surface area (Å²) in [4.78, 5) is 78.3. The smallest absolute Gasteiger partial charge is 0.328 e. The van der Waals surface area contributed by atoms with Crippen LogP contribution < -0.4 is 33.2 Å². The lowest BCUT2D eigenvalue weighted by molar-refractivity contribution is -0.145. The van der Waals surface area contributed by atoms with Gasteiger partial charge in [0.1, 0.15) is 12.1 Å². The van der Waals surface area contributed by atoms with Crippen LogP contribution in [0.1, 0.15) is 31.9 Å². The van der Waals surface area contributed by atoms with Crippen molar-refractivity contribution in [2.75, 3.05) is 0 Å². The molecule has 1 rings (SSSR count). The van der Waals surface area contributed by atoms with E-state index < -0.39 is 72.2 Å². The number of aliphatic carboxylic acids is 1. The second-order valence-corrected chi connectivity index (χ2v) is 7.75. The molecule has 0 aliphatic rings. The number of nitrogens with one attached hydrogen (secondary N) is 4. The van der Waals surface area contributed by atoms with Crippen LogP contribution in [0.15, 0.2) is 12.5 Å². The van der Waals surface area contributed by atoms with Crippen molar-refractivity contribution in [3.63, 3.8) is 0 Å². The molecule has 1 aromatic rings. The molecule has 0 radical (unpaired) electrons. The molecule has 5 unspecified atom stereocenters. The summed E-state index contributed by atoms with van der Waals surface area (Å²) in [5.74, 6) is -6.19. The van der Waals surface area contributed by atoms with Gasteiger partial charge >= 0.3 is 5.97 Å². The molecule has 0 saturated carbocycles. The molecule has 1 heterocycles. The highest BCUT2D eigenvalue weighted by atomic mass is 16.4. The standard InChI is InChI=1S/C19H30N8O8/c1-8(28)15(19(34)35)27-17(32)11(2-3-13(21)29)25-18(33)12(5-14(22)30)26-16(31)10(20)4-9-6-23-7-24-9/h6-8,10-12,15,28H,2-5,20H2,1H3,(H2,21,29)(H2,22,30)(H,23,24)(H,25,33)(H,26,31)(H,27,32)(H,34,35). The molecular weight excluding hydrogens is 468 g/mol. The van der Waals surface area contributed by atoms with Gasteiger partial charge in [-0.25, -0.2) is 9.78 Å². The van der Waals surface area contributed by atoms with Crippen LogP contribution in [0, 0.1) is 0 Å². The van der Waals surface area contributed by atoms with E-state index in [1.54, 1.807) is 0 Å². The maximum Gasteiger partial charge on any atom is 0.328 e. The van der Waals surface area contributed by atoms with Crippen LogP contribution in [-0.2, 0) is 35.2 Å². The Morgan fingerprint density at radius 2 is 1.60 bits per heavy atom. The van der Waals surface area contributed by atoms with E-state index in [-0.39, 0.29) is 19.3 Å².